The fourth-order valence-electron chi connectivity index (χ4n) is 6.76. The van der Waals surface area contributed by atoms with E-state index in [0.29, 0.717) is 17.1 Å². The van der Waals surface area contributed by atoms with Gasteiger partial charge in [-0.15, -0.1) is 0 Å². The van der Waals surface area contributed by atoms with Gasteiger partial charge in [0, 0.05) is 23.9 Å². The molecule has 3 nitrogen and oxygen atoms in total. The molecular formula is C24H42N2O. The maximum atomic E-state index is 12.2. The molecular weight excluding hydrogens is 332 g/mol. The van der Waals surface area contributed by atoms with Crippen LogP contribution >= 0.6 is 0 Å². The fourth-order valence-corrected chi connectivity index (χ4v) is 6.76. The number of piperidine rings is 2. The zero-order chi connectivity index (χ0) is 19.2. The quantitative estimate of drug-likeness (QED) is 0.702. The van der Waals surface area contributed by atoms with Gasteiger partial charge in [-0.25, -0.2) is 0 Å². The van der Waals surface area contributed by atoms with Crippen LogP contribution in [-0.4, -0.2) is 53.8 Å². The van der Waals surface area contributed by atoms with Gasteiger partial charge in [0.05, 0.1) is 0 Å². The smallest absolute Gasteiger partial charge is 0.138 e. The second kappa shape index (κ2) is 7.78. The van der Waals surface area contributed by atoms with Crippen molar-refractivity contribution in [2.24, 2.45) is 29.1 Å². The molecule has 0 atom stereocenters. The van der Waals surface area contributed by atoms with Crippen molar-refractivity contribution in [3.8, 4) is 0 Å². The molecule has 4 aliphatic rings. The van der Waals surface area contributed by atoms with Crippen LogP contribution in [0.5, 0.6) is 0 Å². The normalized spacial score (nSPS) is 37.0. The molecule has 2 aliphatic carbocycles. The molecule has 0 aromatic heterocycles. The van der Waals surface area contributed by atoms with Crippen LogP contribution in [0.1, 0.15) is 79.1 Å². The molecule has 154 valence electrons. The average Bonchev–Trinajstić information content (AvgIpc) is 2.59. The van der Waals surface area contributed by atoms with Gasteiger partial charge in [-0.05, 0) is 94.8 Å². The lowest BCUT2D eigenvalue weighted by Gasteiger charge is -2.60. The minimum absolute atomic E-state index is 0.229. The molecule has 2 heterocycles. The van der Waals surface area contributed by atoms with E-state index in [1.165, 1.54) is 77.5 Å². The van der Waals surface area contributed by atoms with Gasteiger partial charge >= 0.3 is 0 Å². The minimum Gasteiger partial charge on any atom is -0.300 e. The lowest BCUT2D eigenvalue weighted by molar-refractivity contribution is -0.144. The van der Waals surface area contributed by atoms with E-state index in [2.05, 4.69) is 37.5 Å². The van der Waals surface area contributed by atoms with Crippen LogP contribution in [0.4, 0.5) is 0 Å². The topological polar surface area (TPSA) is 23.6 Å². The number of rotatable bonds is 5. The monoisotopic (exact) mass is 374 g/mol. The highest BCUT2D eigenvalue weighted by Gasteiger charge is 2.56. The summed E-state index contributed by atoms with van der Waals surface area (Å²) in [6.45, 7) is 14.2. The van der Waals surface area contributed by atoms with E-state index in [1.54, 1.807) is 0 Å². The second-order valence-electron chi connectivity index (χ2n) is 11.1. The molecule has 1 spiro atoms. The van der Waals surface area contributed by atoms with Crippen molar-refractivity contribution in [3.05, 3.63) is 0 Å². The number of carbonyl (C=O) groups excluding carboxylic acids is 1. The summed E-state index contributed by atoms with van der Waals surface area (Å²) in [6, 6.07) is 1.67. The van der Waals surface area contributed by atoms with Crippen LogP contribution < -0.4 is 0 Å². The predicted molar refractivity (Wildman–Crippen MR) is 112 cm³/mol. The fraction of sp³-hybridized carbons (Fsp3) is 0.958. The van der Waals surface area contributed by atoms with E-state index in [-0.39, 0.29) is 5.92 Å². The van der Waals surface area contributed by atoms with Gasteiger partial charge < -0.3 is 9.80 Å². The number of Topliss-reactive ketones (excluding diaryl/α,β-unsaturated/α-hetero) is 1. The maximum absolute atomic E-state index is 12.2. The maximum Gasteiger partial charge on any atom is 0.138 e. The number of carbonyl (C=O) groups is 1. The van der Waals surface area contributed by atoms with E-state index in [1.807, 2.05) is 0 Å². The van der Waals surface area contributed by atoms with Gasteiger partial charge in [-0.1, -0.05) is 27.7 Å². The molecule has 0 aromatic rings. The Kier molecular flexibility index (Phi) is 5.73. The number of nitrogens with zero attached hydrogens (tertiary/aromatic N) is 2. The van der Waals surface area contributed by atoms with E-state index >= 15 is 0 Å². The Labute approximate surface area is 167 Å². The van der Waals surface area contributed by atoms with Crippen molar-refractivity contribution < 1.29 is 4.79 Å². The standard InChI is InChI=1S/C24H42N2O/c1-17(2)19-5-9-25(10-6-19)21-7-11-26(12-8-21)22-15-24(16-22)13-20(14-24)23(27)18(3)4/h17-22H,5-16H2,1-4H3/t20-,22-,24?. The minimum atomic E-state index is 0.229. The first-order valence-corrected chi connectivity index (χ1v) is 11.9. The van der Waals surface area contributed by atoms with Gasteiger partial charge in [0.2, 0.25) is 0 Å². The molecule has 2 aliphatic heterocycles. The van der Waals surface area contributed by atoms with Gasteiger partial charge in [0.1, 0.15) is 5.78 Å². The highest BCUT2D eigenvalue weighted by Crippen LogP contribution is 2.60. The molecule has 0 N–H and O–H groups in total. The Balaban J connectivity index is 1.16. The molecule has 3 heteroatoms. The summed E-state index contributed by atoms with van der Waals surface area (Å²) in [4.78, 5) is 17.8. The summed E-state index contributed by atoms with van der Waals surface area (Å²) < 4.78 is 0. The largest absolute Gasteiger partial charge is 0.300 e. The molecule has 2 saturated carbocycles. The molecule has 4 fully saturated rings. The van der Waals surface area contributed by atoms with Crippen LogP contribution in [0, 0.1) is 29.1 Å². The van der Waals surface area contributed by atoms with E-state index in [9.17, 15) is 4.79 Å². The molecule has 0 amide bonds. The molecule has 4 rings (SSSR count). The highest BCUT2D eigenvalue weighted by atomic mass is 16.1. The number of likely N-dealkylation sites (tertiary alicyclic amines) is 2. The first-order chi connectivity index (χ1) is 12.9. The first-order valence-electron chi connectivity index (χ1n) is 11.9. The van der Waals surface area contributed by atoms with E-state index < -0.39 is 0 Å². The van der Waals surface area contributed by atoms with Crippen LogP contribution in [0.25, 0.3) is 0 Å². The summed E-state index contributed by atoms with van der Waals surface area (Å²) >= 11 is 0. The Morgan fingerprint density at radius 2 is 1.30 bits per heavy atom. The van der Waals surface area contributed by atoms with Crippen molar-refractivity contribution in [3.63, 3.8) is 0 Å². The first kappa shape index (κ1) is 19.9. The average molecular weight is 375 g/mol. The van der Waals surface area contributed by atoms with Crippen molar-refractivity contribution in [2.75, 3.05) is 26.2 Å². The molecule has 0 radical (unpaired) electrons. The Morgan fingerprint density at radius 1 is 0.778 bits per heavy atom. The van der Waals surface area contributed by atoms with E-state index in [4.69, 9.17) is 0 Å². The molecule has 2 saturated heterocycles. The third kappa shape index (κ3) is 4.01. The van der Waals surface area contributed by atoms with Gasteiger partial charge in [-0.2, -0.15) is 0 Å². The van der Waals surface area contributed by atoms with Crippen molar-refractivity contribution in [1.29, 1.82) is 0 Å². The third-order valence-electron chi connectivity index (χ3n) is 8.72. The van der Waals surface area contributed by atoms with Crippen LogP contribution in [0.2, 0.25) is 0 Å². The highest BCUT2D eigenvalue weighted by molar-refractivity contribution is 5.83. The van der Waals surface area contributed by atoms with Gasteiger partial charge in [0.25, 0.3) is 0 Å². The molecule has 0 bridgehead atoms. The number of hydrogen-bond donors (Lipinski definition) is 0. The zero-order valence-electron chi connectivity index (χ0n) is 18.3. The second-order valence-corrected chi connectivity index (χ2v) is 11.1. The van der Waals surface area contributed by atoms with Crippen molar-refractivity contribution in [1.82, 2.24) is 9.80 Å². The van der Waals surface area contributed by atoms with Crippen LogP contribution in [-0.2, 0) is 4.79 Å². The number of hydrogen-bond acceptors (Lipinski definition) is 3. The van der Waals surface area contributed by atoms with Gasteiger partial charge in [0.15, 0.2) is 0 Å². The Morgan fingerprint density at radius 3 is 1.81 bits per heavy atom. The summed E-state index contributed by atoms with van der Waals surface area (Å²) in [5, 5.41) is 0. The Bertz CT molecular complexity index is 512. The molecule has 0 unspecified atom stereocenters. The summed E-state index contributed by atoms with van der Waals surface area (Å²) in [5.41, 5.74) is 0.565. The van der Waals surface area contributed by atoms with Crippen molar-refractivity contribution in [2.45, 2.75) is 91.1 Å². The Hall–Kier alpha value is -0.410. The van der Waals surface area contributed by atoms with E-state index in [0.717, 1.165) is 23.9 Å². The zero-order valence-corrected chi connectivity index (χ0v) is 18.3. The SMILES string of the molecule is CC(C)C(=O)[C@H]1CC2(C1)C[C@H](N1CCC(N3CCC(C(C)C)CC3)CC1)C2. The van der Waals surface area contributed by atoms with Crippen LogP contribution in [0.15, 0.2) is 0 Å². The number of ketones is 1. The third-order valence-corrected chi connectivity index (χ3v) is 8.72. The summed E-state index contributed by atoms with van der Waals surface area (Å²) in [7, 11) is 0. The predicted octanol–water partition coefficient (Wildman–Crippen LogP) is 4.60. The lowest BCUT2D eigenvalue weighted by atomic mass is 9.48. The summed E-state index contributed by atoms with van der Waals surface area (Å²) in [5.74, 6) is 2.97. The molecule has 0 aromatic carbocycles. The lowest BCUT2D eigenvalue weighted by Crippen LogP contribution is -2.60. The molecule has 27 heavy (non-hydrogen) atoms. The van der Waals surface area contributed by atoms with Gasteiger partial charge in [-0.3, -0.25) is 4.79 Å². The van der Waals surface area contributed by atoms with Crippen molar-refractivity contribution >= 4 is 5.78 Å². The van der Waals surface area contributed by atoms with Crippen LogP contribution in [0.3, 0.4) is 0 Å². The summed E-state index contributed by atoms with van der Waals surface area (Å²) in [6.07, 6.45) is 10.7.